The molecule has 80 valence electrons. The molecular weight excluding hydrogens is 212 g/mol. The van der Waals surface area contributed by atoms with Crippen LogP contribution in [-0.2, 0) is 6.42 Å². The normalized spacial score (nSPS) is 16.5. The maximum Gasteiger partial charge on any atom is 0.181 e. The highest BCUT2D eigenvalue weighted by atomic mass is 15.2. The van der Waals surface area contributed by atoms with Gasteiger partial charge in [-0.2, -0.15) is 5.11 Å². The number of aromatic nitrogens is 1. The molecule has 4 heteroatoms. The number of hydrogen-bond donors (Lipinski definition) is 0. The predicted molar refractivity (Wildman–Crippen MR) is 65.5 cm³/mol. The van der Waals surface area contributed by atoms with Crippen molar-refractivity contribution in [2.24, 2.45) is 15.2 Å². The number of benzene rings is 1. The van der Waals surface area contributed by atoms with Crippen LogP contribution in [-0.4, -0.2) is 10.8 Å². The van der Waals surface area contributed by atoms with Crippen LogP contribution in [0.2, 0.25) is 0 Å². The molecule has 0 amide bonds. The van der Waals surface area contributed by atoms with Gasteiger partial charge in [-0.25, -0.2) is 9.98 Å². The number of nitrogens with zero attached hydrogens (tertiary/aromatic N) is 4. The van der Waals surface area contributed by atoms with Gasteiger partial charge in [0.05, 0.1) is 11.7 Å². The average Bonchev–Trinajstić information content (AvgIpc) is 2.80. The van der Waals surface area contributed by atoms with E-state index >= 15 is 0 Å². The van der Waals surface area contributed by atoms with Crippen molar-refractivity contribution in [3.8, 4) is 0 Å². The summed E-state index contributed by atoms with van der Waals surface area (Å²) < 4.78 is 0. The third kappa shape index (κ3) is 1.24. The van der Waals surface area contributed by atoms with Crippen molar-refractivity contribution in [1.29, 1.82) is 0 Å². The highest BCUT2D eigenvalue weighted by Gasteiger charge is 2.21. The van der Waals surface area contributed by atoms with Crippen molar-refractivity contribution in [2.75, 3.05) is 0 Å². The van der Waals surface area contributed by atoms with Gasteiger partial charge in [0.25, 0.3) is 0 Å². The summed E-state index contributed by atoms with van der Waals surface area (Å²) in [6, 6.07) is 10.2. The van der Waals surface area contributed by atoms with E-state index in [4.69, 9.17) is 0 Å². The van der Waals surface area contributed by atoms with Crippen molar-refractivity contribution in [3.63, 3.8) is 0 Å². The Morgan fingerprint density at radius 3 is 3.06 bits per heavy atom. The molecule has 0 aliphatic carbocycles. The molecule has 0 radical (unpaired) electrons. The standard InChI is InChI=1S/C13H8N4/c1-2-4-11-8(3-1)5-9-6-10-7-14-17-13(10)16-12(9)15-11/h1-5,7H,6H2. The third-order valence-corrected chi connectivity index (χ3v) is 3.03. The molecule has 3 heterocycles. The Balaban J connectivity index is 2.01. The van der Waals surface area contributed by atoms with Crippen molar-refractivity contribution >= 4 is 22.6 Å². The quantitative estimate of drug-likeness (QED) is 0.672. The minimum absolute atomic E-state index is 0.709. The first-order valence-electron chi connectivity index (χ1n) is 5.48. The Morgan fingerprint density at radius 1 is 1.12 bits per heavy atom. The first kappa shape index (κ1) is 8.75. The fraction of sp³-hybridized carbons (Fsp3) is 0.0769. The van der Waals surface area contributed by atoms with Crippen LogP contribution < -0.4 is 0 Å². The molecule has 0 unspecified atom stereocenters. The molecule has 0 N–H and O–H groups in total. The van der Waals surface area contributed by atoms with E-state index in [0.29, 0.717) is 5.84 Å². The van der Waals surface area contributed by atoms with E-state index in [1.54, 1.807) is 6.20 Å². The lowest BCUT2D eigenvalue weighted by Gasteiger charge is -2.12. The predicted octanol–water partition coefficient (Wildman–Crippen LogP) is 3.17. The van der Waals surface area contributed by atoms with Gasteiger partial charge >= 0.3 is 0 Å². The lowest BCUT2D eigenvalue weighted by atomic mass is 10.0. The fourth-order valence-corrected chi connectivity index (χ4v) is 2.18. The van der Waals surface area contributed by atoms with Gasteiger partial charge in [-0.15, -0.1) is 5.11 Å². The molecule has 2 aliphatic rings. The van der Waals surface area contributed by atoms with Crippen molar-refractivity contribution in [2.45, 2.75) is 6.42 Å². The van der Waals surface area contributed by atoms with Gasteiger partial charge < -0.3 is 0 Å². The Labute approximate surface area is 97.4 Å². The minimum Gasteiger partial charge on any atom is -0.228 e. The van der Waals surface area contributed by atoms with E-state index in [1.807, 2.05) is 18.2 Å². The van der Waals surface area contributed by atoms with Crippen molar-refractivity contribution in [3.05, 3.63) is 47.7 Å². The monoisotopic (exact) mass is 220 g/mol. The zero-order valence-electron chi connectivity index (χ0n) is 8.96. The number of amidine groups is 1. The van der Waals surface area contributed by atoms with Gasteiger partial charge in [-0.1, -0.05) is 18.2 Å². The van der Waals surface area contributed by atoms with Crippen LogP contribution in [0.25, 0.3) is 10.9 Å². The van der Waals surface area contributed by atoms with E-state index < -0.39 is 0 Å². The molecule has 2 aromatic rings. The molecule has 4 nitrogen and oxygen atoms in total. The van der Waals surface area contributed by atoms with Gasteiger partial charge in [-0.05, 0) is 12.1 Å². The molecule has 1 aromatic carbocycles. The lowest BCUT2D eigenvalue weighted by molar-refractivity contribution is 1.13. The van der Waals surface area contributed by atoms with Gasteiger partial charge in [-0.3, -0.25) is 0 Å². The maximum absolute atomic E-state index is 4.56. The van der Waals surface area contributed by atoms with Crippen molar-refractivity contribution in [1.82, 2.24) is 4.98 Å². The van der Waals surface area contributed by atoms with Crippen LogP contribution in [0.1, 0.15) is 5.56 Å². The Hall–Kier alpha value is -2.36. The van der Waals surface area contributed by atoms with Crippen LogP contribution >= 0.6 is 0 Å². The highest BCUT2D eigenvalue weighted by molar-refractivity contribution is 6.03. The van der Waals surface area contributed by atoms with E-state index in [-0.39, 0.29) is 0 Å². The molecule has 2 aliphatic heterocycles. The number of para-hydroxylation sites is 1. The molecule has 0 bridgehead atoms. The van der Waals surface area contributed by atoms with E-state index in [1.165, 1.54) is 0 Å². The van der Waals surface area contributed by atoms with E-state index in [2.05, 4.69) is 32.3 Å². The summed E-state index contributed by atoms with van der Waals surface area (Å²) >= 11 is 0. The first-order chi connectivity index (χ1) is 8.40. The van der Waals surface area contributed by atoms with Crippen LogP contribution in [0.3, 0.4) is 0 Å². The smallest absolute Gasteiger partial charge is 0.181 e. The minimum atomic E-state index is 0.709. The fourth-order valence-electron chi connectivity index (χ4n) is 2.18. The molecular formula is C13H8N4. The largest absolute Gasteiger partial charge is 0.228 e. The number of fused-ring (bicyclic) bond motifs is 3. The highest BCUT2D eigenvalue weighted by Crippen LogP contribution is 2.31. The SMILES string of the molecule is C1=C2Cc3cc4ccccc4nc3N=C2N=N1. The Morgan fingerprint density at radius 2 is 2.06 bits per heavy atom. The Kier molecular flexibility index (Phi) is 1.58. The summed E-state index contributed by atoms with van der Waals surface area (Å²) in [5.74, 6) is 1.48. The van der Waals surface area contributed by atoms with Crippen LogP contribution in [0.4, 0.5) is 5.82 Å². The third-order valence-electron chi connectivity index (χ3n) is 3.03. The van der Waals surface area contributed by atoms with E-state index in [9.17, 15) is 0 Å². The van der Waals surface area contributed by atoms with Crippen LogP contribution in [0.15, 0.2) is 57.3 Å². The zero-order chi connectivity index (χ0) is 11.2. The summed E-state index contributed by atoms with van der Waals surface area (Å²) in [6.45, 7) is 0. The van der Waals surface area contributed by atoms with Gasteiger partial charge in [0.1, 0.15) is 0 Å². The number of pyridine rings is 1. The number of rotatable bonds is 0. The summed E-state index contributed by atoms with van der Waals surface area (Å²) in [5, 5.41) is 9.01. The van der Waals surface area contributed by atoms with Gasteiger partial charge in [0.15, 0.2) is 11.7 Å². The van der Waals surface area contributed by atoms with Crippen LogP contribution in [0.5, 0.6) is 0 Å². The average molecular weight is 220 g/mol. The lowest BCUT2D eigenvalue weighted by Crippen LogP contribution is -2.06. The Bertz CT molecular complexity index is 725. The second-order valence-electron chi connectivity index (χ2n) is 4.15. The maximum atomic E-state index is 4.56. The summed E-state index contributed by atoms with van der Waals surface area (Å²) in [4.78, 5) is 8.99. The summed E-state index contributed by atoms with van der Waals surface area (Å²) in [6.07, 6.45) is 2.59. The molecule has 4 rings (SSSR count). The van der Waals surface area contributed by atoms with Gasteiger partial charge in [0.2, 0.25) is 0 Å². The van der Waals surface area contributed by atoms with Gasteiger partial charge in [0, 0.05) is 22.9 Å². The topological polar surface area (TPSA) is 50.0 Å². The molecule has 0 spiro atoms. The number of aliphatic imine (C=N–C) groups is 1. The second-order valence-corrected chi connectivity index (χ2v) is 4.15. The zero-order valence-corrected chi connectivity index (χ0v) is 8.96. The molecule has 0 fully saturated rings. The summed E-state index contributed by atoms with van der Waals surface area (Å²) in [5.41, 5.74) is 3.19. The molecule has 17 heavy (non-hydrogen) atoms. The molecule has 1 aromatic heterocycles. The first-order valence-corrected chi connectivity index (χ1v) is 5.48. The van der Waals surface area contributed by atoms with Crippen molar-refractivity contribution < 1.29 is 0 Å². The summed E-state index contributed by atoms with van der Waals surface area (Å²) in [7, 11) is 0. The number of azo groups is 1. The molecule has 0 saturated heterocycles. The van der Waals surface area contributed by atoms with Crippen LogP contribution in [0, 0.1) is 0 Å². The molecule has 0 atom stereocenters. The molecule has 0 saturated carbocycles. The second kappa shape index (κ2) is 3.07. The number of hydrogen-bond acceptors (Lipinski definition) is 4. The van der Waals surface area contributed by atoms with E-state index in [0.717, 1.165) is 34.3 Å².